The number of aliphatic hydroxyl groups is 4. The summed E-state index contributed by atoms with van der Waals surface area (Å²) in [6.45, 7) is 53.0. The molecule has 7 aromatic heterocycles. The second kappa shape index (κ2) is 47.8. The average Bonchev–Trinajstić information content (AvgIpc) is 0.826. The van der Waals surface area contributed by atoms with E-state index in [-0.39, 0.29) is 31.8 Å². The van der Waals surface area contributed by atoms with Crippen molar-refractivity contribution in [3.63, 3.8) is 0 Å². The number of ether oxygens (including phenoxy) is 1. The Morgan fingerprint density at radius 1 is 0.315 bits per heavy atom. The Kier molecular flexibility index (Phi) is 39.5. The van der Waals surface area contributed by atoms with Crippen molar-refractivity contribution < 1.29 is 51.5 Å². The third-order valence-electron chi connectivity index (χ3n) is 27.5. The van der Waals surface area contributed by atoms with Gasteiger partial charge in [0.1, 0.15) is 0 Å². The monoisotopic (exact) mass is 1810 g/mol. The van der Waals surface area contributed by atoms with Gasteiger partial charge in [0.05, 0.1) is 132 Å². The molecule has 7 aliphatic heterocycles. The fourth-order valence-electron chi connectivity index (χ4n) is 18.0. The van der Waals surface area contributed by atoms with Crippen molar-refractivity contribution in [3.05, 3.63) is 168 Å². The first-order valence-electron chi connectivity index (χ1n) is 48.6. The Bertz CT molecular complexity index is 4030. The molecule has 0 amide bonds. The molecule has 0 aliphatic carbocycles. The number of pyridine rings is 7. The van der Waals surface area contributed by atoms with Gasteiger partial charge in [-0.05, 0) is 258 Å². The minimum atomic E-state index is -2.59. The summed E-state index contributed by atoms with van der Waals surface area (Å²) in [6, 6.07) is 29.8. The molecular formula is C105H162F6N14O5. The molecule has 0 bridgehead atoms. The van der Waals surface area contributed by atoms with Crippen LogP contribution in [0.5, 0.6) is 0 Å². The Morgan fingerprint density at radius 3 is 0.692 bits per heavy atom. The molecule has 9 atom stereocenters. The third kappa shape index (κ3) is 30.8. The zero-order valence-electron chi connectivity index (χ0n) is 83.2. The van der Waals surface area contributed by atoms with Crippen LogP contribution in [0.1, 0.15) is 330 Å². The number of aliphatic hydroxyl groups excluding tert-OH is 1. The number of β-amino-alcohol motifs (C(OH)–C–C–N with tert-alkyl or cyclic N) is 3. The van der Waals surface area contributed by atoms with Crippen molar-refractivity contribution in [2.75, 3.05) is 120 Å². The Morgan fingerprint density at radius 2 is 0.523 bits per heavy atom. The number of alkyl halides is 6. The second-order valence-corrected chi connectivity index (χ2v) is 41.0. The van der Waals surface area contributed by atoms with Crippen LogP contribution in [0.2, 0.25) is 0 Å². The fraction of sp³-hybridized carbons (Fsp3) is 0.667. The highest BCUT2D eigenvalue weighted by Gasteiger charge is 2.47. The van der Waals surface area contributed by atoms with Gasteiger partial charge in [-0.1, -0.05) is 118 Å². The van der Waals surface area contributed by atoms with Crippen molar-refractivity contribution in [1.29, 1.82) is 0 Å². The predicted octanol–water partition coefficient (Wildman–Crippen LogP) is 23.2. The van der Waals surface area contributed by atoms with E-state index < -0.39 is 52.3 Å². The van der Waals surface area contributed by atoms with Gasteiger partial charge in [-0.25, -0.2) is 26.3 Å². The van der Waals surface area contributed by atoms with E-state index in [9.17, 15) is 46.8 Å². The molecule has 0 saturated carbocycles. The first-order valence-corrected chi connectivity index (χ1v) is 48.6. The number of hydrogen-bond acceptors (Lipinski definition) is 19. The molecular weight excluding hydrogens is 1650 g/mol. The van der Waals surface area contributed by atoms with E-state index in [1.165, 1.54) is 0 Å². The number of anilines is 7. The number of methoxy groups -OCH3 is 1. The summed E-state index contributed by atoms with van der Waals surface area (Å²) in [5.74, 6) is -6.29. The molecule has 25 heteroatoms. The number of hydrogen-bond donors (Lipinski definition) is 4. The van der Waals surface area contributed by atoms with E-state index in [0.717, 1.165) is 144 Å². The molecule has 4 N–H and O–H groups in total. The number of piperidine rings is 7. The van der Waals surface area contributed by atoms with Crippen molar-refractivity contribution in [3.8, 4) is 0 Å². The third-order valence-corrected chi connectivity index (χ3v) is 27.5. The lowest BCUT2D eigenvalue weighted by molar-refractivity contribution is -0.0673. The maximum atomic E-state index is 14.0. The highest BCUT2D eigenvalue weighted by Crippen LogP contribution is 2.42. The van der Waals surface area contributed by atoms with Gasteiger partial charge in [0.2, 0.25) is 0 Å². The predicted molar refractivity (Wildman–Crippen MR) is 523 cm³/mol. The maximum Gasteiger partial charge on any atom is 0.268 e. The normalized spacial score (nSPS) is 24.7. The number of halogens is 6. The topological polar surface area (TPSA) is 203 Å². The summed E-state index contributed by atoms with van der Waals surface area (Å²) < 4.78 is 89.2. The summed E-state index contributed by atoms with van der Waals surface area (Å²) in [5.41, 5.74) is 12.3. The molecule has 130 heavy (non-hydrogen) atoms. The smallest absolute Gasteiger partial charge is 0.268 e. The Labute approximate surface area is 776 Å². The number of nitrogens with zero attached hydrogens (tertiary/aromatic N) is 14. The van der Waals surface area contributed by atoms with Gasteiger partial charge in [-0.3, -0.25) is 34.9 Å². The molecule has 724 valence electrons. The van der Waals surface area contributed by atoms with Crippen LogP contribution in [-0.2, 0) is 4.74 Å². The number of rotatable bonds is 19. The summed E-state index contributed by atoms with van der Waals surface area (Å²) >= 11 is 0. The molecule has 1 unspecified atom stereocenters. The summed E-state index contributed by atoms with van der Waals surface area (Å²) in [5, 5.41) is 40.1. The van der Waals surface area contributed by atoms with E-state index in [1.54, 1.807) is 40.4 Å². The van der Waals surface area contributed by atoms with Crippen LogP contribution >= 0.6 is 0 Å². The minimum Gasteiger partial charge on any atom is -0.393 e. The van der Waals surface area contributed by atoms with Gasteiger partial charge in [-0.2, -0.15) is 0 Å². The van der Waals surface area contributed by atoms with Gasteiger partial charge < -0.3 is 59.5 Å². The Balaban J connectivity index is 0.000000187. The quantitative estimate of drug-likeness (QED) is 0.0556. The van der Waals surface area contributed by atoms with E-state index >= 15 is 0 Å². The summed E-state index contributed by atoms with van der Waals surface area (Å²) in [6.07, 6.45) is 23.6. The van der Waals surface area contributed by atoms with Crippen LogP contribution < -0.4 is 34.3 Å². The highest BCUT2D eigenvalue weighted by molar-refractivity contribution is 5.52. The lowest BCUT2D eigenvalue weighted by atomic mass is 9.90. The van der Waals surface area contributed by atoms with E-state index in [4.69, 9.17) is 4.74 Å². The zero-order chi connectivity index (χ0) is 96.0. The molecule has 14 rings (SSSR count). The summed E-state index contributed by atoms with van der Waals surface area (Å²) in [7, 11) is 1.69. The first-order chi connectivity index (χ1) is 61.1. The molecule has 7 aromatic rings. The lowest BCUT2D eigenvalue weighted by Crippen LogP contribution is -2.50. The van der Waals surface area contributed by atoms with Crippen LogP contribution in [0.3, 0.4) is 0 Å². The molecule has 0 aromatic carbocycles. The molecule has 0 radical (unpaired) electrons. The van der Waals surface area contributed by atoms with Crippen LogP contribution in [0.15, 0.2) is 128 Å². The highest BCUT2D eigenvalue weighted by atomic mass is 19.3. The lowest BCUT2D eigenvalue weighted by Gasteiger charge is -2.42. The summed E-state index contributed by atoms with van der Waals surface area (Å²) in [4.78, 5) is 45.5. The van der Waals surface area contributed by atoms with Gasteiger partial charge in [0, 0.05) is 135 Å². The first kappa shape index (κ1) is 107. The van der Waals surface area contributed by atoms with Crippen LogP contribution in [-0.4, -0.2) is 199 Å². The van der Waals surface area contributed by atoms with E-state index in [0.29, 0.717) is 137 Å². The van der Waals surface area contributed by atoms with Gasteiger partial charge in [0.15, 0.2) is 0 Å². The molecule has 19 nitrogen and oxygen atoms in total. The fourth-order valence-corrected chi connectivity index (χ4v) is 18.0. The van der Waals surface area contributed by atoms with Crippen LogP contribution in [0, 0.1) is 17.8 Å². The molecule has 7 fully saturated rings. The van der Waals surface area contributed by atoms with Gasteiger partial charge >= 0.3 is 0 Å². The minimum absolute atomic E-state index is 0.0991. The Hall–Kier alpha value is -7.97. The van der Waals surface area contributed by atoms with Crippen molar-refractivity contribution >= 4 is 39.8 Å². The van der Waals surface area contributed by atoms with Crippen LogP contribution in [0.4, 0.5) is 66.2 Å². The molecule has 0 spiro atoms. The molecule has 7 saturated heterocycles. The van der Waals surface area contributed by atoms with Crippen molar-refractivity contribution in [2.24, 2.45) is 17.8 Å². The van der Waals surface area contributed by atoms with Crippen molar-refractivity contribution in [1.82, 2.24) is 34.9 Å². The van der Waals surface area contributed by atoms with Crippen LogP contribution in [0.25, 0.3) is 0 Å². The SMILES string of the molecule is CC(C)c1ccc(N2C[C@@](C)(O)CC[C@H]2C)cn1.CC(C)c1ccc(N2C[C@](C)(O)CC[C@@H]2C)cn1.CC(C)c1ccc(N2C[C@](C)(O)CC[C@H]2C)cn1.CCC1CCN(c2ccc(C(C)C)nc2)CC1(F)F.CC[C@@H]1CCN(c2ccc(C(C)C)nc2)CC1(F)F.CC[C@H]1CCN(c2ccc(C(C)C)nc2)CC1(F)F.COC1(CO)CCN(c2ccc(C(C)C)nc2)CC1. The van der Waals surface area contributed by atoms with E-state index in [1.807, 2.05) is 103 Å². The van der Waals surface area contributed by atoms with Gasteiger partial charge in [-0.15, -0.1) is 0 Å². The van der Waals surface area contributed by atoms with Gasteiger partial charge in [0.25, 0.3) is 17.8 Å². The average molecular weight is 1810 g/mol. The maximum absolute atomic E-state index is 14.0. The standard InChI is InChI=1S/3C15H22F2N2.C15H24N2O2.3C15H24N2O/c3*1-4-12-7-8-19(10-15(12,16)17)13-5-6-14(11(2)3)18-9-13;1-12(2)14-5-4-13(10-16-14)17-8-6-15(11-18,19-3)7-9-17;3*1-11(2)14-6-5-13(9-16-14)17-10-15(4,18)8-7-12(17)3/h3*5-6,9,11-12H,4,7-8,10H2,1-3H3;4-5,10,12,18H,6-9,11H2,1-3H3;3*5-6,9,11-12,18H,7-8,10H2,1-4H3/t2*12-;;;2*12-,15+;12-,15-/m10..101/s1. The van der Waals surface area contributed by atoms with E-state index in [2.05, 4.69) is 221 Å². The molecule has 14 heterocycles. The zero-order valence-corrected chi connectivity index (χ0v) is 83.2. The molecule has 7 aliphatic rings. The largest absolute Gasteiger partial charge is 0.393 e. The van der Waals surface area contributed by atoms with Crippen molar-refractivity contribution in [2.45, 2.75) is 349 Å². The number of aromatic nitrogens is 7. The second-order valence-electron chi connectivity index (χ2n) is 41.0.